The monoisotopic (exact) mass is 302 g/mol. The van der Waals surface area contributed by atoms with Crippen molar-refractivity contribution in [1.29, 1.82) is 0 Å². The van der Waals surface area contributed by atoms with E-state index in [0.29, 0.717) is 19.5 Å². The number of aromatic nitrogens is 3. The number of carbonyl (C=O) groups is 1. The molecule has 0 aliphatic carbocycles. The van der Waals surface area contributed by atoms with Gasteiger partial charge in [0.2, 0.25) is 5.91 Å². The van der Waals surface area contributed by atoms with Crippen LogP contribution in [0.3, 0.4) is 0 Å². The second-order valence-corrected chi connectivity index (χ2v) is 5.36. The Bertz CT molecular complexity index is 715. The van der Waals surface area contributed by atoms with Gasteiger partial charge >= 0.3 is 0 Å². The van der Waals surface area contributed by atoms with E-state index in [1.807, 2.05) is 25.6 Å². The van der Waals surface area contributed by atoms with Gasteiger partial charge in [0.25, 0.3) is 5.56 Å². The minimum atomic E-state index is -0.0862. The minimum Gasteiger partial charge on any atom is -0.356 e. The van der Waals surface area contributed by atoms with Crippen LogP contribution in [0.5, 0.6) is 0 Å². The van der Waals surface area contributed by atoms with E-state index in [1.54, 1.807) is 18.3 Å². The molecule has 0 saturated heterocycles. The molecule has 0 radical (unpaired) electrons. The molecule has 2 rings (SSSR count). The largest absolute Gasteiger partial charge is 0.356 e. The van der Waals surface area contributed by atoms with Crippen molar-refractivity contribution in [3.63, 3.8) is 0 Å². The zero-order chi connectivity index (χ0) is 16.1. The molecule has 2 heterocycles. The molecular weight excluding hydrogens is 280 g/mol. The van der Waals surface area contributed by atoms with Crippen molar-refractivity contribution in [3.8, 4) is 0 Å². The third kappa shape index (κ3) is 3.84. The minimum absolute atomic E-state index is 0.0463. The van der Waals surface area contributed by atoms with Crippen LogP contribution in [0.1, 0.15) is 23.4 Å². The van der Waals surface area contributed by atoms with Gasteiger partial charge in [-0.15, -0.1) is 0 Å². The first kappa shape index (κ1) is 16.0. The molecule has 0 saturated carbocycles. The molecule has 1 amide bonds. The Morgan fingerprint density at radius 3 is 2.73 bits per heavy atom. The third-order valence-electron chi connectivity index (χ3n) is 3.83. The smallest absolute Gasteiger partial charge is 0.250 e. The van der Waals surface area contributed by atoms with Crippen LogP contribution >= 0.6 is 0 Å². The fourth-order valence-electron chi connectivity index (χ4n) is 2.46. The van der Waals surface area contributed by atoms with Crippen molar-refractivity contribution in [2.24, 2.45) is 7.05 Å². The van der Waals surface area contributed by atoms with Crippen LogP contribution in [0, 0.1) is 13.8 Å². The molecule has 6 heteroatoms. The van der Waals surface area contributed by atoms with Gasteiger partial charge in [0, 0.05) is 44.5 Å². The maximum Gasteiger partial charge on any atom is 0.250 e. The molecule has 1 N–H and O–H groups in total. The summed E-state index contributed by atoms with van der Waals surface area (Å²) in [6.45, 7) is 4.98. The first-order valence-corrected chi connectivity index (χ1v) is 7.40. The Morgan fingerprint density at radius 1 is 1.32 bits per heavy atom. The molecule has 0 atom stereocenters. The van der Waals surface area contributed by atoms with Crippen molar-refractivity contribution in [3.05, 3.63) is 51.7 Å². The highest BCUT2D eigenvalue weighted by molar-refractivity contribution is 5.75. The zero-order valence-electron chi connectivity index (χ0n) is 13.3. The molecule has 0 spiro atoms. The molecule has 0 unspecified atom stereocenters. The quantitative estimate of drug-likeness (QED) is 0.863. The fourth-order valence-corrected chi connectivity index (χ4v) is 2.46. The highest BCUT2D eigenvalue weighted by atomic mass is 16.1. The van der Waals surface area contributed by atoms with E-state index in [2.05, 4.69) is 10.4 Å². The van der Waals surface area contributed by atoms with Gasteiger partial charge in [-0.25, -0.2) is 0 Å². The van der Waals surface area contributed by atoms with Gasteiger partial charge in [-0.3, -0.25) is 14.3 Å². The molecule has 0 fully saturated rings. The van der Waals surface area contributed by atoms with Crippen molar-refractivity contribution in [2.45, 2.75) is 33.2 Å². The predicted octanol–water partition coefficient (Wildman–Crippen LogP) is 0.948. The highest BCUT2D eigenvalue weighted by Gasteiger charge is 2.09. The molecule has 0 bridgehead atoms. The normalized spacial score (nSPS) is 10.7. The summed E-state index contributed by atoms with van der Waals surface area (Å²) in [6, 6.07) is 4.97. The van der Waals surface area contributed by atoms with E-state index in [1.165, 1.54) is 16.2 Å². The molecule has 0 aliphatic rings. The summed E-state index contributed by atoms with van der Waals surface area (Å²) in [5.74, 6) is -0.0463. The number of carbonyl (C=O) groups excluding carboxylic acids is 1. The Kier molecular flexibility index (Phi) is 5.14. The van der Waals surface area contributed by atoms with Gasteiger partial charge in [0.05, 0.1) is 5.69 Å². The Morgan fingerprint density at radius 2 is 2.09 bits per heavy atom. The maximum atomic E-state index is 11.8. The van der Waals surface area contributed by atoms with Crippen LogP contribution in [-0.2, 0) is 24.8 Å². The van der Waals surface area contributed by atoms with E-state index in [4.69, 9.17) is 0 Å². The number of hydrogen-bond donors (Lipinski definition) is 1. The van der Waals surface area contributed by atoms with Crippen molar-refractivity contribution in [2.75, 3.05) is 6.54 Å². The first-order chi connectivity index (χ1) is 10.5. The number of pyridine rings is 1. The van der Waals surface area contributed by atoms with E-state index in [0.717, 1.165) is 17.8 Å². The van der Waals surface area contributed by atoms with Gasteiger partial charge in [-0.05, 0) is 31.9 Å². The summed E-state index contributed by atoms with van der Waals surface area (Å²) in [7, 11) is 1.92. The third-order valence-corrected chi connectivity index (χ3v) is 3.83. The number of nitrogens with zero attached hydrogens (tertiary/aromatic N) is 3. The average Bonchev–Trinajstić information content (AvgIpc) is 2.72. The Hall–Kier alpha value is -2.37. The van der Waals surface area contributed by atoms with Crippen LogP contribution in [0.15, 0.2) is 29.2 Å². The molecular formula is C16H22N4O2. The van der Waals surface area contributed by atoms with Gasteiger partial charge in [0.1, 0.15) is 0 Å². The highest BCUT2D eigenvalue weighted by Crippen LogP contribution is 2.11. The van der Waals surface area contributed by atoms with Crippen LogP contribution in [-0.4, -0.2) is 26.8 Å². The SMILES string of the molecule is Cc1nn(C)c(C)c1CCNC(=O)CCn1ccccc1=O. The predicted molar refractivity (Wildman–Crippen MR) is 84.7 cm³/mol. The van der Waals surface area contributed by atoms with Crippen molar-refractivity contribution in [1.82, 2.24) is 19.7 Å². The standard InChI is InChI=1S/C16H22N4O2/c1-12-14(13(2)19(3)18-12)7-9-17-15(21)8-11-20-10-5-4-6-16(20)22/h4-6,10H,7-9,11H2,1-3H3,(H,17,21). The lowest BCUT2D eigenvalue weighted by molar-refractivity contribution is -0.121. The molecule has 0 aromatic carbocycles. The summed E-state index contributed by atoms with van der Waals surface area (Å²) in [6.07, 6.45) is 2.76. The molecule has 22 heavy (non-hydrogen) atoms. The van der Waals surface area contributed by atoms with Crippen LogP contribution in [0.4, 0.5) is 0 Å². The second-order valence-electron chi connectivity index (χ2n) is 5.36. The number of aryl methyl sites for hydroxylation is 3. The molecule has 0 aliphatic heterocycles. The lowest BCUT2D eigenvalue weighted by Crippen LogP contribution is -2.28. The summed E-state index contributed by atoms with van der Waals surface area (Å²) in [5, 5.41) is 7.25. The van der Waals surface area contributed by atoms with E-state index >= 15 is 0 Å². The van der Waals surface area contributed by atoms with Crippen molar-refractivity contribution >= 4 is 5.91 Å². The summed E-state index contributed by atoms with van der Waals surface area (Å²) in [4.78, 5) is 23.4. The molecule has 6 nitrogen and oxygen atoms in total. The number of amides is 1. The molecule has 118 valence electrons. The average molecular weight is 302 g/mol. The lowest BCUT2D eigenvalue weighted by Gasteiger charge is -2.07. The lowest BCUT2D eigenvalue weighted by atomic mass is 10.1. The van der Waals surface area contributed by atoms with E-state index in [-0.39, 0.29) is 11.5 Å². The van der Waals surface area contributed by atoms with Crippen LogP contribution in [0.25, 0.3) is 0 Å². The van der Waals surface area contributed by atoms with Crippen molar-refractivity contribution < 1.29 is 4.79 Å². The first-order valence-electron chi connectivity index (χ1n) is 7.40. The topological polar surface area (TPSA) is 68.9 Å². The molecule has 2 aromatic heterocycles. The fraction of sp³-hybridized carbons (Fsp3) is 0.438. The number of rotatable bonds is 6. The van der Waals surface area contributed by atoms with Gasteiger partial charge in [-0.2, -0.15) is 5.10 Å². The second kappa shape index (κ2) is 7.06. The van der Waals surface area contributed by atoms with Gasteiger partial charge in [0.15, 0.2) is 0 Å². The molecule has 2 aromatic rings. The zero-order valence-corrected chi connectivity index (χ0v) is 13.3. The summed E-state index contributed by atoms with van der Waals surface area (Å²) in [5.41, 5.74) is 3.23. The van der Waals surface area contributed by atoms with Crippen LogP contribution in [0.2, 0.25) is 0 Å². The Labute approximate surface area is 129 Å². The van der Waals surface area contributed by atoms with E-state index < -0.39 is 0 Å². The summed E-state index contributed by atoms with van der Waals surface area (Å²) >= 11 is 0. The van der Waals surface area contributed by atoms with Gasteiger partial charge < -0.3 is 9.88 Å². The van der Waals surface area contributed by atoms with Crippen LogP contribution < -0.4 is 10.9 Å². The number of nitrogens with one attached hydrogen (secondary N) is 1. The van der Waals surface area contributed by atoms with Gasteiger partial charge in [-0.1, -0.05) is 6.07 Å². The van der Waals surface area contributed by atoms with E-state index in [9.17, 15) is 9.59 Å². The maximum absolute atomic E-state index is 11.8. The Balaban J connectivity index is 1.79. The number of hydrogen-bond acceptors (Lipinski definition) is 3. The summed E-state index contributed by atoms with van der Waals surface area (Å²) < 4.78 is 3.39.